The summed E-state index contributed by atoms with van der Waals surface area (Å²) < 4.78 is 24.7. The highest BCUT2D eigenvalue weighted by molar-refractivity contribution is 9.10. The second kappa shape index (κ2) is 7.31. The first-order valence-electron chi connectivity index (χ1n) is 7.14. The highest BCUT2D eigenvalue weighted by Crippen LogP contribution is 2.17. The van der Waals surface area contributed by atoms with E-state index >= 15 is 0 Å². The van der Waals surface area contributed by atoms with E-state index in [9.17, 15) is 9.18 Å². The number of carbonyl (C=O) groups is 1. The molecule has 0 aliphatic rings. The van der Waals surface area contributed by atoms with Gasteiger partial charge < -0.3 is 14.5 Å². The quantitative estimate of drug-likeness (QED) is 0.666. The van der Waals surface area contributed by atoms with E-state index in [1.54, 1.807) is 24.3 Å². The highest BCUT2D eigenvalue weighted by atomic mass is 79.9. The predicted octanol–water partition coefficient (Wildman–Crippen LogP) is 5.01. The molecule has 24 heavy (non-hydrogen) atoms. The molecule has 0 fully saturated rings. The van der Waals surface area contributed by atoms with Crippen molar-refractivity contribution in [2.24, 2.45) is 0 Å². The normalized spacial score (nSPS) is 10.4. The molecule has 0 bridgehead atoms. The Morgan fingerprint density at radius 3 is 2.46 bits per heavy atom. The first-order valence-corrected chi connectivity index (χ1v) is 7.93. The maximum absolute atomic E-state index is 12.8. The number of ether oxygens (including phenoxy) is 1. The van der Waals surface area contributed by atoms with Gasteiger partial charge >= 0.3 is 0 Å². The number of anilines is 1. The second-order valence-corrected chi connectivity index (χ2v) is 5.89. The number of nitrogens with one attached hydrogen (secondary N) is 1. The van der Waals surface area contributed by atoms with Crippen molar-refractivity contribution in [2.45, 2.75) is 6.61 Å². The van der Waals surface area contributed by atoms with Gasteiger partial charge in [0.25, 0.3) is 5.91 Å². The van der Waals surface area contributed by atoms with Gasteiger partial charge in [0.2, 0.25) is 0 Å². The molecule has 1 N–H and O–H groups in total. The molecule has 0 saturated heterocycles. The van der Waals surface area contributed by atoms with Crippen molar-refractivity contribution in [3.63, 3.8) is 0 Å². The molecule has 122 valence electrons. The van der Waals surface area contributed by atoms with Crippen molar-refractivity contribution in [3.8, 4) is 5.75 Å². The molecule has 6 heteroatoms. The standard InChI is InChI=1S/C18H13BrFNO3/c19-12-1-5-14(6-2-12)21-18(22)17-10-9-16(24-17)11-23-15-7-3-13(20)4-8-15/h1-10H,11H2,(H,21,22). The van der Waals surface area contributed by atoms with Gasteiger partial charge in [-0.2, -0.15) is 0 Å². The molecule has 1 aromatic heterocycles. The number of rotatable bonds is 5. The predicted molar refractivity (Wildman–Crippen MR) is 91.5 cm³/mol. The first-order chi connectivity index (χ1) is 11.6. The molecule has 3 aromatic rings. The molecular formula is C18H13BrFNO3. The zero-order valence-corrected chi connectivity index (χ0v) is 14.0. The fourth-order valence-electron chi connectivity index (χ4n) is 1.99. The summed E-state index contributed by atoms with van der Waals surface area (Å²) in [4.78, 5) is 12.1. The van der Waals surface area contributed by atoms with Crippen LogP contribution in [0.2, 0.25) is 0 Å². The summed E-state index contributed by atoms with van der Waals surface area (Å²) in [6, 6.07) is 16.2. The van der Waals surface area contributed by atoms with Crippen LogP contribution in [0.5, 0.6) is 5.75 Å². The van der Waals surface area contributed by atoms with Crippen molar-refractivity contribution in [1.82, 2.24) is 0 Å². The fraction of sp³-hybridized carbons (Fsp3) is 0.0556. The largest absolute Gasteiger partial charge is 0.486 e. The molecule has 0 saturated carbocycles. The van der Waals surface area contributed by atoms with Crippen LogP contribution in [-0.4, -0.2) is 5.91 Å². The van der Waals surface area contributed by atoms with Gasteiger partial charge in [0.1, 0.15) is 23.9 Å². The number of benzene rings is 2. The van der Waals surface area contributed by atoms with Crippen LogP contribution in [0.3, 0.4) is 0 Å². The average molecular weight is 390 g/mol. The first kappa shape index (κ1) is 16.3. The SMILES string of the molecule is O=C(Nc1ccc(Br)cc1)c1ccc(COc2ccc(F)cc2)o1. The van der Waals surface area contributed by atoms with Crippen molar-refractivity contribution < 1.29 is 18.3 Å². The minimum Gasteiger partial charge on any atom is -0.486 e. The fourth-order valence-corrected chi connectivity index (χ4v) is 2.25. The van der Waals surface area contributed by atoms with Crippen LogP contribution in [0.1, 0.15) is 16.3 Å². The minimum atomic E-state index is -0.342. The molecule has 0 spiro atoms. The number of furan rings is 1. The molecule has 4 nitrogen and oxygen atoms in total. The van der Waals surface area contributed by atoms with Gasteiger partial charge in [-0.1, -0.05) is 15.9 Å². The van der Waals surface area contributed by atoms with Crippen LogP contribution >= 0.6 is 15.9 Å². The van der Waals surface area contributed by atoms with Gasteiger partial charge in [0, 0.05) is 10.2 Å². The molecule has 0 radical (unpaired) electrons. The van der Waals surface area contributed by atoms with Crippen molar-refractivity contribution in [3.05, 3.63) is 82.5 Å². The number of carbonyl (C=O) groups excluding carboxylic acids is 1. The number of hydrogen-bond acceptors (Lipinski definition) is 3. The van der Waals surface area contributed by atoms with Crippen LogP contribution in [-0.2, 0) is 6.61 Å². The molecule has 2 aromatic carbocycles. The van der Waals surface area contributed by atoms with E-state index in [1.165, 1.54) is 24.3 Å². The monoisotopic (exact) mass is 389 g/mol. The average Bonchev–Trinajstić information content (AvgIpc) is 3.06. The van der Waals surface area contributed by atoms with E-state index in [-0.39, 0.29) is 24.1 Å². The molecular weight excluding hydrogens is 377 g/mol. The van der Waals surface area contributed by atoms with Gasteiger partial charge in [0.15, 0.2) is 5.76 Å². The minimum absolute atomic E-state index is 0.150. The molecule has 0 aliphatic carbocycles. The van der Waals surface area contributed by atoms with Crippen LogP contribution in [0, 0.1) is 5.82 Å². The third-order valence-electron chi connectivity index (χ3n) is 3.18. The lowest BCUT2D eigenvalue weighted by Gasteiger charge is -2.04. The smallest absolute Gasteiger partial charge is 0.291 e. The second-order valence-electron chi connectivity index (χ2n) is 4.97. The van der Waals surface area contributed by atoms with Gasteiger partial charge in [-0.15, -0.1) is 0 Å². The van der Waals surface area contributed by atoms with Crippen LogP contribution < -0.4 is 10.1 Å². The van der Waals surface area contributed by atoms with Crippen LogP contribution in [0.4, 0.5) is 10.1 Å². The number of hydrogen-bond donors (Lipinski definition) is 1. The zero-order chi connectivity index (χ0) is 16.9. The lowest BCUT2D eigenvalue weighted by molar-refractivity contribution is 0.0992. The topological polar surface area (TPSA) is 51.5 Å². The van der Waals surface area contributed by atoms with E-state index in [0.717, 1.165) is 4.47 Å². The third kappa shape index (κ3) is 4.23. The lowest BCUT2D eigenvalue weighted by atomic mass is 10.3. The lowest BCUT2D eigenvalue weighted by Crippen LogP contribution is -2.10. The Kier molecular flexibility index (Phi) is 4.96. The maximum Gasteiger partial charge on any atom is 0.291 e. The molecule has 3 rings (SSSR count). The molecule has 1 amide bonds. The van der Waals surface area contributed by atoms with E-state index in [1.807, 2.05) is 12.1 Å². The van der Waals surface area contributed by atoms with Gasteiger partial charge in [-0.25, -0.2) is 4.39 Å². The Bertz CT molecular complexity index is 828. The highest BCUT2D eigenvalue weighted by Gasteiger charge is 2.12. The summed E-state index contributed by atoms with van der Waals surface area (Å²) in [5.74, 6) is 0.544. The van der Waals surface area contributed by atoms with E-state index in [4.69, 9.17) is 9.15 Å². The summed E-state index contributed by atoms with van der Waals surface area (Å²) in [5.41, 5.74) is 0.670. The van der Waals surface area contributed by atoms with Crippen molar-refractivity contribution >= 4 is 27.5 Å². The summed E-state index contributed by atoms with van der Waals surface area (Å²) in [7, 11) is 0. The molecule has 0 atom stereocenters. The number of halogens is 2. The summed E-state index contributed by atoms with van der Waals surface area (Å²) >= 11 is 3.33. The van der Waals surface area contributed by atoms with Crippen molar-refractivity contribution in [1.29, 1.82) is 0 Å². The van der Waals surface area contributed by atoms with Crippen molar-refractivity contribution in [2.75, 3.05) is 5.32 Å². The van der Waals surface area contributed by atoms with Gasteiger partial charge in [0.05, 0.1) is 0 Å². The Morgan fingerprint density at radius 1 is 1.04 bits per heavy atom. The summed E-state index contributed by atoms with van der Waals surface area (Å²) in [6.07, 6.45) is 0. The molecule has 0 unspecified atom stereocenters. The Balaban J connectivity index is 1.59. The Morgan fingerprint density at radius 2 is 1.75 bits per heavy atom. The van der Waals surface area contributed by atoms with Gasteiger partial charge in [-0.3, -0.25) is 4.79 Å². The van der Waals surface area contributed by atoms with Crippen LogP contribution in [0.15, 0.2) is 69.6 Å². The van der Waals surface area contributed by atoms with Gasteiger partial charge in [-0.05, 0) is 60.7 Å². The number of amides is 1. The van der Waals surface area contributed by atoms with E-state index in [2.05, 4.69) is 21.2 Å². The zero-order valence-electron chi connectivity index (χ0n) is 12.5. The summed E-state index contributed by atoms with van der Waals surface area (Å²) in [6.45, 7) is 0.150. The van der Waals surface area contributed by atoms with E-state index < -0.39 is 0 Å². The maximum atomic E-state index is 12.8. The van der Waals surface area contributed by atoms with Crippen LogP contribution in [0.25, 0.3) is 0 Å². The third-order valence-corrected chi connectivity index (χ3v) is 3.71. The Labute approximate surface area is 146 Å². The summed E-state index contributed by atoms with van der Waals surface area (Å²) in [5, 5.41) is 2.74. The molecule has 1 heterocycles. The van der Waals surface area contributed by atoms with E-state index in [0.29, 0.717) is 17.2 Å². The molecule has 0 aliphatic heterocycles. The Hall–Kier alpha value is -2.60.